The minimum absolute atomic E-state index is 0. The van der Waals surface area contributed by atoms with Crippen LogP contribution in [0.2, 0.25) is 0 Å². The molecule has 129 valence electrons. The number of nitrogens with two attached hydrogens (primary N) is 1. The van der Waals surface area contributed by atoms with Gasteiger partial charge in [0.25, 0.3) is 5.69 Å². The normalized spacial score (nSPS) is 12.1. The van der Waals surface area contributed by atoms with Crippen molar-refractivity contribution >= 4 is 38.8 Å². The summed E-state index contributed by atoms with van der Waals surface area (Å²) < 4.78 is 0. The second-order valence-electron chi connectivity index (χ2n) is 6.54. The van der Waals surface area contributed by atoms with Gasteiger partial charge in [0.1, 0.15) is 0 Å². The second-order valence-corrected chi connectivity index (χ2v) is 9.57. The van der Waals surface area contributed by atoms with Gasteiger partial charge in [-0.15, -0.1) is 0 Å². The Balaban J connectivity index is 0.00000312. The summed E-state index contributed by atoms with van der Waals surface area (Å²) >= 11 is 0. The summed E-state index contributed by atoms with van der Waals surface area (Å²) in [5.74, 6) is -0.152. The van der Waals surface area contributed by atoms with Crippen LogP contribution in [0, 0.1) is 10.1 Å². The third-order valence-electron chi connectivity index (χ3n) is 3.73. The van der Waals surface area contributed by atoms with E-state index in [4.69, 9.17) is 5.73 Å². The van der Waals surface area contributed by atoms with E-state index in [1.807, 2.05) is 30.3 Å². The molecule has 0 aromatic heterocycles. The van der Waals surface area contributed by atoms with E-state index in [0.29, 0.717) is 6.16 Å². The van der Waals surface area contributed by atoms with Gasteiger partial charge < -0.3 is 5.73 Å². The van der Waals surface area contributed by atoms with Gasteiger partial charge in [-0.3, -0.25) is 14.9 Å². The molecular weight excluding hydrogens is 334 g/mol. The maximum absolute atomic E-state index is 12.8. The van der Waals surface area contributed by atoms with E-state index in [1.54, 1.807) is 0 Å². The Morgan fingerprint density at radius 1 is 1.16 bits per heavy atom. The molecular formula is C18H21BN2O3P. The predicted molar refractivity (Wildman–Crippen MR) is 105 cm³/mol. The van der Waals surface area contributed by atoms with Crippen molar-refractivity contribution in [3.05, 3.63) is 64.2 Å². The topological polar surface area (TPSA) is 86.2 Å². The number of anilines is 1. The van der Waals surface area contributed by atoms with Crippen molar-refractivity contribution in [3.63, 3.8) is 0 Å². The molecule has 0 spiro atoms. The number of hydrogen-bond acceptors (Lipinski definition) is 4. The van der Waals surface area contributed by atoms with Crippen molar-refractivity contribution in [2.45, 2.75) is 25.9 Å². The first kappa shape index (κ1) is 20.8. The van der Waals surface area contributed by atoms with Crippen LogP contribution in [0.4, 0.5) is 11.4 Å². The van der Waals surface area contributed by atoms with Crippen LogP contribution in [0.25, 0.3) is 0 Å². The molecule has 0 fully saturated rings. The van der Waals surface area contributed by atoms with Crippen molar-refractivity contribution in [1.82, 2.24) is 0 Å². The molecule has 1 atom stereocenters. The summed E-state index contributed by atoms with van der Waals surface area (Å²) in [7, 11) is -0.772. The van der Waals surface area contributed by atoms with E-state index >= 15 is 0 Å². The van der Waals surface area contributed by atoms with E-state index in [9.17, 15) is 14.9 Å². The van der Waals surface area contributed by atoms with Crippen molar-refractivity contribution in [1.29, 1.82) is 0 Å². The zero-order valence-corrected chi connectivity index (χ0v) is 15.5. The standard InChI is InChI=1S/C18H21N2O3P.B/c1-18(2,3)24(14-7-5-4-6-8-14)12-17(21)15-11-13(20(22)23)9-10-16(15)19;/h4-11H,12,19H2,1-3H3;. The number of Topliss-reactive ketones (excluding diaryl/α,β-unsaturated/α-hetero) is 1. The smallest absolute Gasteiger partial charge is 0.270 e. The van der Waals surface area contributed by atoms with Gasteiger partial charge in [0.15, 0.2) is 5.78 Å². The highest BCUT2D eigenvalue weighted by Crippen LogP contribution is 2.48. The van der Waals surface area contributed by atoms with Crippen molar-refractivity contribution in [3.8, 4) is 0 Å². The number of benzene rings is 2. The van der Waals surface area contributed by atoms with Crippen LogP contribution in [0.1, 0.15) is 31.1 Å². The lowest BCUT2D eigenvalue weighted by Crippen LogP contribution is -2.24. The van der Waals surface area contributed by atoms with Gasteiger partial charge in [-0.05, 0) is 16.5 Å². The lowest BCUT2D eigenvalue weighted by atomic mass is 10.1. The van der Waals surface area contributed by atoms with Crippen LogP contribution in [-0.2, 0) is 0 Å². The van der Waals surface area contributed by atoms with Gasteiger partial charge in [0.05, 0.1) is 4.92 Å². The Bertz CT molecular complexity index is 761. The van der Waals surface area contributed by atoms with Crippen molar-refractivity contribution in [2.24, 2.45) is 0 Å². The summed E-state index contributed by atoms with van der Waals surface area (Å²) in [4.78, 5) is 23.2. The van der Waals surface area contributed by atoms with Crippen molar-refractivity contribution in [2.75, 3.05) is 11.9 Å². The van der Waals surface area contributed by atoms with Crippen LogP contribution < -0.4 is 11.0 Å². The molecule has 0 aliphatic rings. The van der Waals surface area contributed by atoms with Crippen LogP contribution >= 0.6 is 7.92 Å². The van der Waals surface area contributed by atoms with Gasteiger partial charge in [0, 0.05) is 38.0 Å². The molecule has 0 saturated heterocycles. The molecule has 2 rings (SSSR count). The van der Waals surface area contributed by atoms with E-state index < -0.39 is 12.8 Å². The summed E-state index contributed by atoms with van der Waals surface area (Å²) in [6, 6.07) is 13.9. The number of ketones is 1. The fraction of sp³-hybridized carbons (Fsp3) is 0.278. The fourth-order valence-corrected chi connectivity index (χ4v) is 4.87. The maximum Gasteiger partial charge on any atom is 0.270 e. The first-order valence-corrected chi connectivity index (χ1v) is 9.12. The summed E-state index contributed by atoms with van der Waals surface area (Å²) in [6.07, 6.45) is 0.314. The average molecular weight is 355 g/mol. The molecule has 1 unspecified atom stereocenters. The largest absolute Gasteiger partial charge is 0.398 e. The third kappa shape index (κ3) is 5.14. The zero-order chi connectivity index (χ0) is 17.9. The molecule has 0 heterocycles. The monoisotopic (exact) mass is 355 g/mol. The molecule has 3 radical (unpaired) electrons. The number of non-ortho nitro benzene ring substituents is 1. The molecule has 0 saturated carbocycles. The van der Waals surface area contributed by atoms with E-state index in [-0.39, 0.29) is 36.3 Å². The molecule has 2 N–H and O–H groups in total. The molecule has 0 amide bonds. The number of nitrogen functional groups attached to an aromatic ring is 1. The lowest BCUT2D eigenvalue weighted by molar-refractivity contribution is -0.384. The molecule has 0 aliphatic carbocycles. The Morgan fingerprint density at radius 3 is 2.28 bits per heavy atom. The maximum atomic E-state index is 12.8. The van der Waals surface area contributed by atoms with E-state index in [0.717, 1.165) is 5.30 Å². The van der Waals surface area contributed by atoms with Gasteiger partial charge in [-0.1, -0.05) is 59.0 Å². The van der Waals surface area contributed by atoms with Crippen LogP contribution in [0.5, 0.6) is 0 Å². The molecule has 0 bridgehead atoms. The quantitative estimate of drug-likeness (QED) is 0.222. The molecule has 25 heavy (non-hydrogen) atoms. The summed E-state index contributed by atoms with van der Waals surface area (Å²) in [5, 5.41) is 12.0. The van der Waals surface area contributed by atoms with Crippen molar-refractivity contribution < 1.29 is 9.72 Å². The van der Waals surface area contributed by atoms with Gasteiger partial charge in [0.2, 0.25) is 0 Å². The van der Waals surface area contributed by atoms with Gasteiger partial charge in [-0.25, -0.2) is 0 Å². The van der Waals surface area contributed by atoms with Crippen LogP contribution in [0.3, 0.4) is 0 Å². The molecule has 0 aliphatic heterocycles. The number of nitro groups is 1. The van der Waals surface area contributed by atoms with Gasteiger partial charge >= 0.3 is 0 Å². The van der Waals surface area contributed by atoms with E-state index in [2.05, 4.69) is 20.8 Å². The molecule has 2 aromatic carbocycles. The van der Waals surface area contributed by atoms with E-state index in [1.165, 1.54) is 18.2 Å². The number of nitrogens with zero attached hydrogens (tertiary/aromatic N) is 1. The second kappa shape index (κ2) is 8.26. The Morgan fingerprint density at radius 2 is 1.76 bits per heavy atom. The zero-order valence-electron chi connectivity index (χ0n) is 14.6. The number of nitro benzene ring substituents is 1. The number of rotatable bonds is 5. The highest BCUT2D eigenvalue weighted by molar-refractivity contribution is 7.68. The Labute approximate surface area is 151 Å². The number of carbonyl (C=O) groups is 1. The summed E-state index contributed by atoms with van der Waals surface area (Å²) in [5.41, 5.74) is 6.27. The average Bonchev–Trinajstić information content (AvgIpc) is 2.52. The Hall–Kier alpha value is -2.20. The molecule has 2 aromatic rings. The fourth-order valence-electron chi connectivity index (χ4n) is 2.45. The first-order chi connectivity index (χ1) is 11.2. The minimum Gasteiger partial charge on any atom is -0.398 e. The first-order valence-electron chi connectivity index (χ1n) is 7.60. The van der Waals surface area contributed by atoms with Crippen LogP contribution in [0.15, 0.2) is 48.5 Å². The third-order valence-corrected chi connectivity index (χ3v) is 6.87. The number of carbonyl (C=O) groups excluding carboxylic acids is 1. The highest BCUT2D eigenvalue weighted by Gasteiger charge is 2.29. The van der Waals surface area contributed by atoms with Crippen LogP contribution in [-0.4, -0.2) is 30.4 Å². The Kier molecular flexibility index (Phi) is 6.89. The molecule has 7 heteroatoms. The predicted octanol–water partition coefficient (Wildman–Crippen LogP) is 3.58. The lowest BCUT2D eigenvalue weighted by Gasteiger charge is -2.31. The highest BCUT2D eigenvalue weighted by atomic mass is 31.1. The summed E-state index contributed by atoms with van der Waals surface area (Å²) in [6.45, 7) is 6.32. The number of hydrogen-bond donors (Lipinski definition) is 1. The molecule has 5 nitrogen and oxygen atoms in total. The minimum atomic E-state index is -0.772. The SMILES string of the molecule is CC(C)(C)P(CC(=O)c1cc([N+](=O)[O-])ccc1N)c1ccccc1.[B]. The van der Waals surface area contributed by atoms with Gasteiger partial charge in [-0.2, -0.15) is 0 Å².